The summed E-state index contributed by atoms with van der Waals surface area (Å²) in [5, 5.41) is 21.6. The van der Waals surface area contributed by atoms with Gasteiger partial charge in [-0.05, 0) is 31.0 Å². The van der Waals surface area contributed by atoms with Crippen molar-refractivity contribution < 1.29 is 9.90 Å². The summed E-state index contributed by atoms with van der Waals surface area (Å²) < 4.78 is 0.866. The van der Waals surface area contributed by atoms with Gasteiger partial charge in [-0.25, -0.2) is 0 Å². The highest BCUT2D eigenvalue weighted by atomic mass is 79.9. The van der Waals surface area contributed by atoms with Gasteiger partial charge in [0.05, 0.1) is 16.7 Å². The third-order valence-electron chi connectivity index (χ3n) is 3.73. The highest BCUT2D eigenvalue weighted by molar-refractivity contribution is 9.10. The molecule has 0 atom stereocenters. The van der Waals surface area contributed by atoms with E-state index in [1.54, 1.807) is 12.1 Å². The minimum Gasteiger partial charge on any atom is -0.481 e. The van der Waals surface area contributed by atoms with E-state index in [1.165, 1.54) is 0 Å². The third kappa shape index (κ3) is 2.90. The van der Waals surface area contributed by atoms with Crippen LogP contribution in [0.15, 0.2) is 22.7 Å². The van der Waals surface area contributed by atoms with Gasteiger partial charge in [-0.15, -0.1) is 0 Å². The highest BCUT2D eigenvalue weighted by Gasteiger charge is 2.41. The molecule has 0 spiro atoms. The maximum absolute atomic E-state index is 11.5. The van der Waals surface area contributed by atoms with Gasteiger partial charge >= 0.3 is 5.97 Å². The Balaban J connectivity index is 2.16. The summed E-state index contributed by atoms with van der Waals surface area (Å²) in [6, 6.07) is 7.43. The van der Waals surface area contributed by atoms with Gasteiger partial charge in [-0.3, -0.25) is 4.79 Å². The lowest BCUT2D eigenvalue weighted by Gasteiger charge is -2.25. The number of carboxylic acid groups (broad SMARTS) is 1. The van der Waals surface area contributed by atoms with Crippen molar-refractivity contribution in [2.75, 3.05) is 11.9 Å². The lowest BCUT2D eigenvalue weighted by Crippen LogP contribution is -2.35. The van der Waals surface area contributed by atoms with Crippen LogP contribution in [0.2, 0.25) is 0 Å². The molecule has 0 saturated heterocycles. The normalized spacial score (nSPS) is 16.8. The Bertz CT molecular complexity index is 531. The van der Waals surface area contributed by atoms with Crippen LogP contribution in [0.1, 0.15) is 31.2 Å². The first-order valence-electron chi connectivity index (χ1n) is 6.24. The summed E-state index contributed by atoms with van der Waals surface area (Å²) in [6.45, 7) is 0.369. The molecule has 100 valence electrons. The second-order valence-corrected chi connectivity index (χ2v) is 5.86. The van der Waals surface area contributed by atoms with Crippen molar-refractivity contribution >= 4 is 27.6 Å². The molecule has 0 aliphatic heterocycles. The summed E-state index contributed by atoms with van der Waals surface area (Å²) in [4.78, 5) is 11.5. The molecule has 0 bridgehead atoms. The summed E-state index contributed by atoms with van der Waals surface area (Å²) >= 11 is 3.36. The second kappa shape index (κ2) is 5.62. The van der Waals surface area contributed by atoms with Crippen LogP contribution < -0.4 is 5.32 Å². The Morgan fingerprint density at radius 2 is 2.16 bits per heavy atom. The van der Waals surface area contributed by atoms with Gasteiger partial charge < -0.3 is 10.4 Å². The SMILES string of the molecule is N#Cc1ccc(Br)cc1NCC1(C(=O)O)CCCC1. The summed E-state index contributed by atoms with van der Waals surface area (Å²) in [7, 11) is 0. The first-order valence-corrected chi connectivity index (χ1v) is 7.04. The average molecular weight is 323 g/mol. The molecular formula is C14H15BrN2O2. The Labute approximate surface area is 120 Å². The predicted molar refractivity (Wildman–Crippen MR) is 75.9 cm³/mol. The summed E-state index contributed by atoms with van der Waals surface area (Å²) in [5.74, 6) is -0.744. The van der Waals surface area contributed by atoms with Crippen LogP contribution in [-0.2, 0) is 4.79 Å². The molecule has 0 amide bonds. The maximum Gasteiger partial charge on any atom is 0.311 e. The molecule has 1 fully saturated rings. The zero-order valence-corrected chi connectivity index (χ0v) is 12.0. The number of carbonyl (C=O) groups is 1. The maximum atomic E-state index is 11.5. The van der Waals surface area contributed by atoms with Crippen LogP contribution in [0, 0.1) is 16.7 Å². The van der Waals surface area contributed by atoms with E-state index < -0.39 is 11.4 Å². The van der Waals surface area contributed by atoms with Crippen LogP contribution in [0.4, 0.5) is 5.69 Å². The number of carboxylic acids is 1. The van der Waals surface area contributed by atoms with Crippen molar-refractivity contribution in [3.8, 4) is 6.07 Å². The Kier molecular flexibility index (Phi) is 4.11. The van der Waals surface area contributed by atoms with Crippen LogP contribution in [0.3, 0.4) is 0 Å². The summed E-state index contributed by atoms with van der Waals surface area (Å²) in [6.07, 6.45) is 3.31. The molecule has 1 saturated carbocycles. The molecule has 4 nitrogen and oxygen atoms in total. The number of benzene rings is 1. The molecule has 0 heterocycles. The van der Waals surface area contributed by atoms with Gasteiger partial charge in [0.25, 0.3) is 0 Å². The van der Waals surface area contributed by atoms with E-state index >= 15 is 0 Å². The number of hydrogen-bond acceptors (Lipinski definition) is 3. The van der Waals surface area contributed by atoms with Gasteiger partial charge in [0.1, 0.15) is 6.07 Å². The number of aliphatic carboxylic acids is 1. The number of rotatable bonds is 4. The molecule has 1 aromatic rings. The number of nitrogens with zero attached hydrogens (tertiary/aromatic N) is 1. The molecule has 1 aromatic carbocycles. The van der Waals surface area contributed by atoms with E-state index in [1.807, 2.05) is 6.07 Å². The van der Waals surface area contributed by atoms with E-state index in [-0.39, 0.29) is 0 Å². The first-order chi connectivity index (χ1) is 9.07. The Morgan fingerprint density at radius 1 is 1.47 bits per heavy atom. The molecule has 1 aliphatic rings. The Morgan fingerprint density at radius 3 is 2.74 bits per heavy atom. The molecule has 2 rings (SSSR count). The van der Waals surface area contributed by atoms with Crippen molar-refractivity contribution in [2.24, 2.45) is 5.41 Å². The molecule has 1 aliphatic carbocycles. The number of anilines is 1. The highest BCUT2D eigenvalue weighted by Crippen LogP contribution is 2.38. The van der Waals surface area contributed by atoms with Gasteiger partial charge in [0.15, 0.2) is 0 Å². The smallest absolute Gasteiger partial charge is 0.311 e. The van der Waals surface area contributed by atoms with Crippen molar-refractivity contribution in [3.05, 3.63) is 28.2 Å². The van der Waals surface area contributed by atoms with E-state index in [0.29, 0.717) is 30.6 Å². The fourth-order valence-electron chi connectivity index (χ4n) is 2.54. The van der Waals surface area contributed by atoms with E-state index in [4.69, 9.17) is 5.26 Å². The fraction of sp³-hybridized carbons (Fsp3) is 0.429. The van der Waals surface area contributed by atoms with Crippen molar-refractivity contribution in [3.63, 3.8) is 0 Å². The average Bonchev–Trinajstić information content (AvgIpc) is 2.86. The van der Waals surface area contributed by atoms with Crippen molar-refractivity contribution in [1.82, 2.24) is 0 Å². The standard InChI is InChI=1S/C14H15BrN2O2/c15-11-4-3-10(8-16)12(7-11)17-9-14(13(18)19)5-1-2-6-14/h3-4,7,17H,1-2,5-6,9H2,(H,18,19). The van der Waals surface area contributed by atoms with Gasteiger partial charge in [0, 0.05) is 11.0 Å². The number of halogens is 1. The molecule has 0 aromatic heterocycles. The summed E-state index contributed by atoms with van der Waals surface area (Å²) in [5.41, 5.74) is 0.529. The van der Waals surface area contributed by atoms with Crippen LogP contribution in [0.25, 0.3) is 0 Å². The van der Waals surface area contributed by atoms with Gasteiger partial charge in [-0.1, -0.05) is 28.8 Å². The van der Waals surface area contributed by atoms with Crippen LogP contribution in [0.5, 0.6) is 0 Å². The van der Waals surface area contributed by atoms with Crippen LogP contribution >= 0.6 is 15.9 Å². The van der Waals surface area contributed by atoms with Gasteiger partial charge in [0.2, 0.25) is 0 Å². The molecule has 5 heteroatoms. The fourth-order valence-corrected chi connectivity index (χ4v) is 2.90. The third-order valence-corrected chi connectivity index (χ3v) is 4.23. The number of nitriles is 1. The molecule has 19 heavy (non-hydrogen) atoms. The van der Waals surface area contributed by atoms with E-state index in [0.717, 1.165) is 17.3 Å². The van der Waals surface area contributed by atoms with Crippen molar-refractivity contribution in [2.45, 2.75) is 25.7 Å². The Hall–Kier alpha value is -1.54. The molecule has 0 unspecified atom stereocenters. The number of nitrogens with one attached hydrogen (secondary N) is 1. The van der Waals surface area contributed by atoms with Crippen LogP contribution in [-0.4, -0.2) is 17.6 Å². The first kappa shape index (κ1) is 13.9. The lowest BCUT2D eigenvalue weighted by molar-refractivity contribution is -0.147. The lowest BCUT2D eigenvalue weighted by atomic mass is 9.86. The van der Waals surface area contributed by atoms with Crippen molar-refractivity contribution in [1.29, 1.82) is 5.26 Å². The predicted octanol–water partition coefficient (Wildman–Crippen LogP) is 3.38. The van der Waals surface area contributed by atoms with Gasteiger partial charge in [-0.2, -0.15) is 5.26 Å². The zero-order chi connectivity index (χ0) is 13.9. The quantitative estimate of drug-likeness (QED) is 0.891. The minimum atomic E-state index is -0.744. The van der Waals surface area contributed by atoms with E-state index in [2.05, 4.69) is 27.3 Å². The molecule has 0 radical (unpaired) electrons. The second-order valence-electron chi connectivity index (χ2n) is 4.95. The topological polar surface area (TPSA) is 73.1 Å². The largest absolute Gasteiger partial charge is 0.481 e. The molecular weight excluding hydrogens is 308 g/mol. The van der Waals surface area contributed by atoms with E-state index in [9.17, 15) is 9.90 Å². The number of hydrogen-bond donors (Lipinski definition) is 2. The zero-order valence-electron chi connectivity index (χ0n) is 10.4. The monoisotopic (exact) mass is 322 g/mol. The minimum absolute atomic E-state index is 0.369. The molecule has 2 N–H and O–H groups in total.